The first kappa shape index (κ1) is 13.5. The van der Waals surface area contributed by atoms with Crippen molar-refractivity contribution in [1.82, 2.24) is 5.32 Å². The maximum atomic E-state index is 12.8. The summed E-state index contributed by atoms with van der Waals surface area (Å²) in [6.45, 7) is 3.92. The normalized spacial score (nSPS) is 11.9. The molecule has 1 rings (SSSR count). The van der Waals surface area contributed by atoms with Crippen molar-refractivity contribution in [2.75, 3.05) is 6.61 Å². The van der Waals surface area contributed by atoms with Gasteiger partial charge in [-0.05, 0) is 25.5 Å². The number of nitrogens with one attached hydrogen (secondary N) is 1. The molecule has 0 aliphatic carbocycles. The Bertz CT molecular complexity index is 368. The lowest BCUT2D eigenvalue weighted by Crippen LogP contribution is -2.35. The van der Waals surface area contributed by atoms with Crippen LogP contribution in [0.2, 0.25) is 0 Å². The van der Waals surface area contributed by atoms with E-state index in [2.05, 4.69) is 12.2 Å². The number of benzene rings is 1. The first-order valence-corrected chi connectivity index (χ1v) is 5.79. The highest BCUT2D eigenvalue weighted by Gasteiger charge is 2.07. The summed E-state index contributed by atoms with van der Waals surface area (Å²) in [5, 5.41) is 2.81. The molecule has 1 N–H and O–H groups in total. The molecule has 1 atom stereocenters. The highest BCUT2D eigenvalue weighted by Crippen LogP contribution is 2.11. The second-order valence-corrected chi connectivity index (χ2v) is 4.00. The van der Waals surface area contributed by atoms with Gasteiger partial charge in [-0.2, -0.15) is 0 Å². The molecule has 1 amide bonds. The van der Waals surface area contributed by atoms with Crippen LogP contribution in [0.4, 0.5) is 4.39 Å². The van der Waals surface area contributed by atoms with E-state index in [0.29, 0.717) is 5.75 Å². The lowest BCUT2D eigenvalue weighted by molar-refractivity contribution is -0.123. The van der Waals surface area contributed by atoms with Crippen molar-refractivity contribution in [3.8, 4) is 5.75 Å². The summed E-state index contributed by atoms with van der Waals surface area (Å²) in [5.74, 6) is -0.194. The summed E-state index contributed by atoms with van der Waals surface area (Å²) >= 11 is 0. The van der Waals surface area contributed by atoms with Crippen molar-refractivity contribution >= 4 is 5.91 Å². The highest BCUT2D eigenvalue weighted by molar-refractivity contribution is 5.77. The molecule has 0 aliphatic heterocycles. The molecule has 3 nitrogen and oxygen atoms in total. The number of amides is 1. The molecule has 0 saturated heterocycles. The Labute approximate surface area is 101 Å². The summed E-state index contributed by atoms with van der Waals surface area (Å²) < 4.78 is 18.0. The van der Waals surface area contributed by atoms with Crippen molar-refractivity contribution in [2.24, 2.45) is 0 Å². The van der Waals surface area contributed by atoms with Gasteiger partial charge in [0, 0.05) is 12.1 Å². The third-order valence-electron chi connectivity index (χ3n) is 2.30. The fraction of sp³-hybridized carbons (Fsp3) is 0.462. The predicted octanol–water partition coefficient (Wildman–Crippen LogP) is 2.51. The Morgan fingerprint density at radius 3 is 2.94 bits per heavy atom. The number of hydrogen-bond donors (Lipinski definition) is 1. The van der Waals surface area contributed by atoms with Crippen LogP contribution in [0.5, 0.6) is 5.75 Å². The Kier molecular flexibility index (Phi) is 5.46. The van der Waals surface area contributed by atoms with Gasteiger partial charge in [0.15, 0.2) is 6.61 Å². The standard InChI is InChI=1S/C13H18FNO2/c1-3-5-10(2)15-13(16)9-17-12-7-4-6-11(14)8-12/h4,6-8,10H,3,5,9H2,1-2H3,(H,15,16)/t10-/m1/s1. The highest BCUT2D eigenvalue weighted by atomic mass is 19.1. The van der Waals surface area contributed by atoms with Crippen LogP contribution >= 0.6 is 0 Å². The molecular weight excluding hydrogens is 221 g/mol. The fourth-order valence-corrected chi connectivity index (χ4v) is 1.53. The van der Waals surface area contributed by atoms with Crippen LogP contribution in [-0.2, 0) is 4.79 Å². The van der Waals surface area contributed by atoms with Gasteiger partial charge >= 0.3 is 0 Å². The first-order chi connectivity index (χ1) is 8.11. The fourth-order valence-electron chi connectivity index (χ4n) is 1.53. The van der Waals surface area contributed by atoms with E-state index in [1.54, 1.807) is 12.1 Å². The zero-order valence-corrected chi connectivity index (χ0v) is 10.2. The largest absolute Gasteiger partial charge is 0.484 e. The molecule has 94 valence electrons. The second kappa shape index (κ2) is 6.89. The van der Waals surface area contributed by atoms with Crippen LogP contribution in [0.1, 0.15) is 26.7 Å². The number of carbonyl (C=O) groups is 1. The second-order valence-electron chi connectivity index (χ2n) is 4.00. The number of halogens is 1. The van der Waals surface area contributed by atoms with Gasteiger partial charge < -0.3 is 10.1 Å². The summed E-state index contributed by atoms with van der Waals surface area (Å²) in [4.78, 5) is 11.5. The van der Waals surface area contributed by atoms with Gasteiger partial charge in [-0.15, -0.1) is 0 Å². The van der Waals surface area contributed by atoms with Gasteiger partial charge in [-0.3, -0.25) is 4.79 Å². The monoisotopic (exact) mass is 239 g/mol. The predicted molar refractivity (Wildman–Crippen MR) is 64.4 cm³/mol. The summed E-state index contributed by atoms with van der Waals surface area (Å²) in [6, 6.07) is 5.89. The van der Waals surface area contributed by atoms with E-state index in [0.717, 1.165) is 12.8 Å². The SMILES string of the molecule is CCC[C@@H](C)NC(=O)COc1cccc(F)c1. The minimum absolute atomic E-state index is 0.0858. The van der Waals surface area contributed by atoms with Crippen LogP contribution in [-0.4, -0.2) is 18.6 Å². The summed E-state index contributed by atoms with van der Waals surface area (Å²) in [5.41, 5.74) is 0. The molecule has 4 heteroatoms. The third-order valence-corrected chi connectivity index (χ3v) is 2.30. The van der Waals surface area contributed by atoms with Crippen molar-refractivity contribution in [1.29, 1.82) is 0 Å². The van der Waals surface area contributed by atoms with Crippen molar-refractivity contribution in [3.05, 3.63) is 30.1 Å². The van der Waals surface area contributed by atoms with Crippen molar-refractivity contribution < 1.29 is 13.9 Å². The minimum Gasteiger partial charge on any atom is -0.484 e. The van der Waals surface area contributed by atoms with E-state index >= 15 is 0 Å². The molecule has 0 aromatic heterocycles. The van der Waals surface area contributed by atoms with Crippen LogP contribution in [0.15, 0.2) is 24.3 Å². The van der Waals surface area contributed by atoms with Crippen molar-refractivity contribution in [3.63, 3.8) is 0 Å². The number of rotatable bonds is 6. The molecule has 0 saturated carbocycles. The molecule has 0 spiro atoms. The zero-order valence-electron chi connectivity index (χ0n) is 10.2. The molecule has 1 aromatic carbocycles. The maximum Gasteiger partial charge on any atom is 0.258 e. The quantitative estimate of drug-likeness (QED) is 0.828. The van der Waals surface area contributed by atoms with Crippen LogP contribution in [0.25, 0.3) is 0 Å². The smallest absolute Gasteiger partial charge is 0.258 e. The van der Waals surface area contributed by atoms with Gasteiger partial charge in [0.05, 0.1) is 0 Å². The van der Waals surface area contributed by atoms with E-state index in [1.807, 2.05) is 6.92 Å². The summed E-state index contributed by atoms with van der Waals surface area (Å²) in [6.07, 6.45) is 1.96. The van der Waals surface area contributed by atoms with Crippen LogP contribution < -0.4 is 10.1 Å². The lowest BCUT2D eigenvalue weighted by Gasteiger charge is -2.13. The van der Waals surface area contributed by atoms with E-state index in [1.165, 1.54) is 12.1 Å². The van der Waals surface area contributed by atoms with Gasteiger partial charge in [-0.1, -0.05) is 19.4 Å². The third kappa shape index (κ3) is 5.33. The van der Waals surface area contributed by atoms with Gasteiger partial charge in [0.2, 0.25) is 0 Å². The van der Waals surface area contributed by atoms with E-state index < -0.39 is 0 Å². The number of hydrogen-bond acceptors (Lipinski definition) is 2. The average Bonchev–Trinajstić information content (AvgIpc) is 2.27. The maximum absolute atomic E-state index is 12.8. The molecule has 0 aliphatic rings. The Balaban J connectivity index is 2.33. The molecular formula is C13H18FNO2. The molecule has 17 heavy (non-hydrogen) atoms. The molecule has 0 heterocycles. The molecule has 0 bridgehead atoms. The Hall–Kier alpha value is -1.58. The van der Waals surface area contributed by atoms with E-state index in [4.69, 9.17) is 4.74 Å². The van der Waals surface area contributed by atoms with Crippen LogP contribution in [0.3, 0.4) is 0 Å². The topological polar surface area (TPSA) is 38.3 Å². The lowest BCUT2D eigenvalue weighted by atomic mass is 10.2. The van der Waals surface area contributed by atoms with Crippen LogP contribution in [0, 0.1) is 5.82 Å². The summed E-state index contributed by atoms with van der Waals surface area (Å²) in [7, 11) is 0. The molecule has 1 aromatic rings. The average molecular weight is 239 g/mol. The Morgan fingerprint density at radius 2 is 2.29 bits per heavy atom. The van der Waals surface area contributed by atoms with Gasteiger partial charge in [0.1, 0.15) is 11.6 Å². The number of ether oxygens (including phenoxy) is 1. The van der Waals surface area contributed by atoms with Gasteiger partial charge in [0.25, 0.3) is 5.91 Å². The minimum atomic E-state index is -0.373. The molecule has 0 unspecified atom stereocenters. The first-order valence-electron chi connectivity index (χ1n) is 5.79. The Morgan fingerprint density at radius 1 is 1.53 bits per heavy atom. The van der Waals surface area contributed by atoms with Gasteiger partial charge in [-0.25, -0.2) is 4.39 Å². The number of carbonyl (C=O) groups excluding carboxylic acids is 1. The zero-order chi connectivity index (χ0) is 12.7. The van der Waals surface area contributed by atoms with Crippen molar-refractivity contribution in [2.45, 2.75) is 32.7 Å². The van der Waals surface area contributed by atoms with E-state index in [9.17, 15) is 9.18 Å². The molecule has 0 fully saturated rings. The molecule has 0 radical (unpaired) electrons. The van der Waals surface area contributed by atoms with E-state index in [-0.39, 0.29) is 24.4 Å².